The Morgan fingerprint density at radius 3 is 2.36 bits per heavy atom. The molecule has 2 aromatic rings. The van der Waals surface area contributed by atoms with Gasteiger partial charge in [-0.3, -0.25) is 9.69 Å². The fourth-order valence-electron chi connectivity index (χ4n) is 2.35. The third-order valence-corrected chi connectivity index (χ3v) is 4.43. The molecule has 25 heavy (non-hydrogen) atoms. The van der Waals surface area contributed by atoms with Crippen LogP contribution in [0.4, 0.5) is 15.8 Å². The van der Waals surface area contributed by atoms with Gasteiger partial charge in [-0.15, -0.1) is 0 Å². The lowest BCUT2D eigenvalue weighted by Gasteiger charge is -2.24. The van der Waals surface area contributed by atoms with Gasteiger partial charge in [0.05, 0.1) is 16.8 Å². The Labute approximate surface area is 153 Å². The van der Waals surface area contributed by atoms with Crippen LogP contribution in [0.3, 0.4) is 0 Å². The highest BCUT2D eigenvalue weighted by Crippen LogP contribution is 2.23. The lowest BCUT2D eigenvalue weighted by molar-refractivity contribution is -0.120. The fraction of sp³-hybridized carbons (Fsp3) is 0.316. The van der Waals surface area contributed by atoms with Gasteiger partial charge in [0.2, 0.25) is 5.91 Å². The maximum atomic E-state index is 13.1. The molecule has 2 aromatic carbocycles. The van der Waals surface area contributed by atoms with Crippen molar-refractivity contribution in [2.75, 3.05) is 31.4 Å². The molecule has 0 fully saturated rings. The first-order valence-corrected chi connectivity index (χ1v) is 8.38. The van der Waals surface area contributed by atoms with E-state index < -0.39 is 5.82 Å². The van der Waals surface area contributed by atoms with Gasteiger partial charge in [0.15, 0.2) is 0 Å². The number of amides is 1. The second-order valence-electron chi connectivity index (χ2n) is 6.27. The van der Waals surface area contributed by atoms with Crippen molar-refractivity contribution >= 4 is 28.9 Å². The van der Waals surface area contributed by atoms with E-state index >= 15 is 0 Å². The fourth-order valence-corrected chi connectivity index (χ4v) is 2.57. The molecule has 0 radical (unpaired) electrons. The number of likely N-dealkylation sites (N-methyl/N-ethyl adjacent to an activating group) is 1. The summed E-state index contributed by atoms with van der Waals surface area (Å²) in [6.07, 6.45) is 0. The maximum absolute atomic E-state index is 13.1. The number of hydrogen-bond donors (Lipinski definition) is 1. The van der Waals surface area contributed by atoms with Crippen LogP contribution in [0.15, 0.2) is 42.5 Å². The minimum absolute atomic E-state index is 0.183. The molecule has 134 valence electrons. The number of carbonyl (C=O) groups is 1. The summed E-state index contributed by atoms with van der Waals surface area (Å²) >= 11 is 5.96. The molecule has 0 saturated heterocycles. The third kappa shape index (κ3) is 5.18. The third-order valence-electron chi connectivity index (χ3n) is 4.11. The predicted molar refractivity (Wildman–Crippen MR) is 102 cm³/mol. The summed E-state index contributed by atoms with van der Waals surface area (Å²) in [5.74, 6) is -0.629. The van der Waals surface area contributed by atoms with Gasteiger partial charge in [-0.2, -0.15) is 0 Å². The summed E-state index contributed by atoms with van der Waals surface area (Å²) in [6, 6.07) is 11.7. The first-order chi connectivity index (χ1) is 11.8. The van der Waals surface area contributed by atoms with Crippen molar-refractivity contribution in [3.05, 3.63) is 58.9 Å². The van der Waals surface area contributed by atoms with E-state index in [1.54, 1.807) is 0 Å². The number of halogens is 2. The van der Waals surface area contributed by atoms with E-state index in [1.807, 2.05) is 62.1 Å². The highest BCUT2D eigenvalue weighted by atomic mass is 35.5. The van der Waals surface area contributed by atoms with Crippen LogP contribution in [0.25, 0.3) is 0 Å². The smallest absolute Gasteiger partial charge is 0.241 e. The van der Waals surface area contributed by atoms with E-state index in [2.05, 4.69) is 5.32 Å². The quantitative estimate of drug-likeness (QED) is 0.842. The van der Waals surface area contributed by atoms with Crippen LogP contribution in [-0.4, -0.2) is 38.0 Å². The Kier molecular flexibility index (Phi) is 6.39. The zero-order valence-corrected chi connectivity index (χ0v) is 15.6. The molecule has 1 atom stereocenters. The van der Waals surface area contributed by atoms with Crippen LogP contribution in [0.1, 0.15) is 12.5 Å². The van der Waals surface area contributed by atoms with E-state index in [0.717, 1.165) is 11.3 Å². The highest BCUT2D eigenvalue weighted by molar-refractivity contribution is 6.33. The molecule has 0 spiro atoms. The van der Waals surface area contributed by atoms with Gasteiger partial charge in [0.1, 0.15) is 5.82 Å². The second-order valence-corrected chi connectivity index (χ2v) is 6.67. The number of nitrogens with one attached hydrogen (secondary N) is 1. The summed E-state index contributed by atoms with van der Waals surface area (Å²) in [4.78, 5) is 16.4. The molecule has 0 aromatic heterocycles. The molecule has 2 rings (SSSR count). The van der Waals surface area contributed by atoms with E-state index in [1.165, 1.54) is 18.2 Å². The minimum atomic E-state index is -0.436. The SMILES string of the molecule is C[C@H](C(=O)Nc1ccc(F)cc1Cl)N(C)Cc1ccc(N(C)C)cc1. The van der Waals surface area contributed by atoms with Gasteiger partial charge in [-0.25, -0.2) is 4.39 Å². The van der Waals surface area contributed by atoms with Crippen molar-refractivity contribution in [3.63, 3.8) is 0 Å². The van der Waals surface area contributed by atoms with Crippen molar-refractivity contribution in [2.45, 2.75) is 19.5 Å². The zero-order chi connectivity index (χ0) is 18.6. The number of rotatable bonds is 6. The van der Waals surface area contributed by atoms with Crippen LogP contribution in [0.2, 0.25) is 5.02 Å². The lowest BCUT2D eigenvalue weighted by atomic mass is 10.1. The molecule has 6 heteroatoms. The van der Waals surface area contributed by atoms with Crippen LogP contribution < -0.4 is 10.2 Å². The van der Waals surface area contributed by atoms with Gasteiger partial charge in [0, 0.05) is 26.3 Å². The maximum Gasteiger partial charge on any atom is 0.241 e. The number of anilines is 2. The van der Waals surface area contributed by atoms with Crippen LogP contribution >= 0.6 is 11.6 Å². The molecule has 1 N–H and O–H groups in total. The van der Waals surface area contributed by atoms with E-state index in [4.69, 9.17) is 11.6 Å². The van der Waals surface area contributed by atoms with Gasteiger partial charge in [-0.05, 0) is 49.9 Å². The Morgan fingerprint density at radius 2 is 1.80 bits per heavy atom. The Hall–Kier alpha value is -2.11. The largest absolute Gasteiger partial charge is 0.378 e. The van der Waals surface area contributed by atoms with Crippen molar-refractivity contribution in [1.29, 1.82) is 0 Å². The lowest BCUT2D eigenvalue weighted by Crippen LogP contribution is -2.39. The molecular weight excluding hydrogens is 341 g/mol. The normalized spacial score (nSPS) is 12.1. The number of nitrogens with zero attached hydrogens (tertiary/aromatic N) is 2. The molecule has 0 heterocycles. The van der Waals surface area contributed by atoms with Gasteiger partial charge >= 0.3 is 0 Å². The molecule has 0 aliphatic heterocycles. The molecular formula is C19H23ClFN3O. The zero-order valence-electron chi connectivity index (χ0n) is 14.9. The molecule has 0 aliphatic rings. The van der Waals surface area contributed by atoms with Gasteiger partial charge in [0.25, 0.3) is 0 Å². The van der Waals surface area contributed by atoms with E-state index in [9.17, 15) is 9.18 Å². The number of hydrogen-bond acceptors (Lipinski definition) is 3. The van der Waals surface area contributed by atoms with Crippen LogP contribution in [0, 0.1) is 5.82 Å². The predicted octanol–water partition coefficient (Wildman–Crippen LogP) is 4.00. The first kappa shape index (κ1) is 19.2. The molecule has 0 unspecified atom stereocenters. The van der Waals surface area contributed by atoms with Crippen molar-refractivity contribution in [3.8, 4) is 0 Å². The molecule has 0 saturated carbocycles. The topological polar surface area (TPSA) is 35.6 Å². The van der Waals surface area contributed by atoms with Crippen molar-refractivity contribution in [1.82, 2.24) is 4.90 Å². The summed E-state index contributed by atoms with van der Waals surface area (Å²) in [7, 11) is 5.87. The van der Waals surface area contributed by atoms with Crippen LogP contribution in [0.5, 0.6) is 0 Å². The summed E-state index contributed by atoms with van der Waals surface area (Å²) in [5, 5.41) is 2.92. The van der Waals surface area contributed by atoms with E-state index in [0.29, 0.717) is 12.2 Å². The summed E-state index contributed by atoms with van der Waals surface area (Å²) in [6.45, 7) is 2.46. The molecule has 0 bridgehead atoms. The molecule has 0 aliphatic carbocycles. The molecule has 4 nitrogen and oxygen atoms in total. The number of benzene rings is 2. The first-order valence-electron chi connectivity index (χ1n) is 8.00. The Morgan fingerprint density at radius 1 is 1.16 bits per heavy atom. The van der Waals surface area contributed by atoms with Gasteiger partial charge < -0.3 is 10.2 Å². The average Bonchev–Trinajstić information content (AvgIpc) is 2.57. The minimum Gasteiger partial charge on any atom is -0.378 e. The van der Waals surface area contributed by atoms with Crippen LogP contribution in [-0.2, 0) is 11.3 Å². The standard InChI is InChI=1S/C19H23ClFN3O/c1-13(19(25)22-18-10-7-15(21)11-17(18)20)24(4)12-14-5-8-16(9-6-14)23(2)3/h5-11,13H,12H2,1-4H3,(H,22,25)/t13-/m1/s1. The summed E-state index contributed by atoms with van der Waals surface area (Å²) in [5.41, 5.74) is 2.65. The van der Waals surface area contributed by atoms with E-state index in [-0.39, 0.29) is 17.0 Å². The Balaban J connectivity index is 1.98. The molecule has 1 amide bonds. The second kappa shape index (κ2) is 8.32. The van der Waals surface area contributed by atoms with Crippen molar-refractivity contribution < 1.29 is 9.18 Å². The highest BCUT2D eigenvalue weighted by Gasteiger charge is 2.19. The average molecular weight is 364 g/mol. The van der Waals surface area contributed by atoms with Gasteiger partial charge in [-0.1, -0.05) is 23.7 Å². The monoisotopic (exact) mass is 363 g/mol. The number of carbonyl (C=O) groups excluding carboxylic acids is 1. The van der Waals surface area contributed by atoms with Crippen molar-refractivity contribution in [2.24, 2.45) is 0 Å². The Bertz CT molecular complexity index is 734. The summed E-state index contributed by atoms with van der Waals surface area (Å²) < 4.78 is 13.1.